The number of carbonyl (C=O) groups is 4. The van der Waals surface area contributed by atoms with Gasteiger partial charge >= 0.3 is 5.97 Å². The number of carbonyl (C=O) groups excluding carboxylic acids is 3. The highest BCUT2D eigenvalue weighted by Gasteiger charge is 2.30. The van der Waals surface area contributed by atoms with Gasteiger partial charge in [-0.3, -0.25) is 14.4 Å². The van der Waals surface area contributed by atoms with Gasteiger partial charge in [0.1, 0.15) is 18.1 Å². The molecule has 9 N–H and O–H groups in total. The van der Waals surface area contributed by atoms with E-state index < -0.39 is 47.9 Å². The molecule has 1 heterocycles. The number of aliphatic carboxylic acids is 1. The molecule has 13 heteroatoms. The van der Waals surface area contributed by atoms with Crippen molar-refractivity contribution in [2.75, 3.05) is 18.6 Å². The SMILES string of the molecule is CSCCC(NC(=O)C(C)N)C(=O)NC(Cc1cnc[nH]1)C(=O)NC(CCCCN)C(=O)O. The van der Waals surface area contributed by atoms with Crippen LogP contribution in [0.5, 0.6) is 0 Å². The quantitative estimate of drug-likeness (QED) is 0.139. The highest BCUT2D eigenvalue weighted by atomic mass is 32.2. The van der Waals surface area contributed by atoms with Gasteiger partial charge in [0.15, 0.2) is 0 Å². The topological polar surface area (TPSA) is 205 Å². The highest BCUT2D eigenvalue weighted by Crippen LogP contribution is 2.06. The molecule has 3 amide bonds. The maximum Gasteiger partial charge on any atom is 0.326 e. The van der Waals surface area contributed by atoms with Crippen molar-refractivity contribution >= 4 is 35.5 Å². The van der Waals surface area contributed by atoms with Crippen LogP contribution in [0.3, 0.4) is 0 Å². The fraction of sp³-hybridized carbons (Fsp3) is 0.650. The molecule has 0 spiro atoms. The van der Waals surface area contributed by atoms with Gasteiger partial charge in [-0.25, -0.2) is 9.78 Å². The van der Waals surface area contributed by atoms with Gasteiger partial charge in [-0.2, -0.15) is 11.8 Å². The number of carboxylic acid groups (broad SMARTS) is 1. The van der Waals surface area contributed by atoms with Crippen LogP contribution in [0.1, 0.15) is 38.3 Å². The summed E-state index contributed by atoms with van der Waals surface area (Å²) < 4.78 is 0. The number of imidazole rings is 1. The minimum Gasteiger partial charge on any atom is -0.480 e. The Balaban J connectivity index is 2.98. The molecule has 4 atom stereocenters. The molecule has 0 bridgehead atoms. The molecule has 12 nitrogen and oxygen atoms in total. The lowest BCUT2D eigenvalue weighted by Crippen LogP contribution is -2.57. The van der Waals surface area contributed by atoms with Gasteiger partial charge in [0.25, 0.3) is 0 Å². The Bertz CT molecular complexity index is 760. The molecule has 4 unspecified atom stereocenters. The number of thioether (sulfide) groups is 1. The van der Waals surface area contributed by atoms with Crippen molar-refractivity contribution in [1.82, 2.24) is 25.9 Å². The summed E-state index contributed by atoms with van der Waals surface area (Å²) >= 11 is 1.50. The molecule has 0 aromatic carbocycles. The van der Waals surface area contributed by atoms with Gasteiger partial charge in [-0.1, -0.05) is 0 Å². The Hall–Kier alpha value is -2.64. The van der Waals surface area contributed by atoms with Crippen molar-refractivity contribution in [3.63, 3.8) is 0 Å². The van der Waals surface area contributed by atoms with Gasteiger partial charge in [0, 0.05) is 18.3 Å². The van der Waals surface area contributed by atoms with Crippen molar-refractivity contribution in [3.8, 4) is 0 Å². The number of nitrogens with two attached hydrogens (primary N) is 2. The number of carboxylic acids is 1. The maximum atomic E-state index is 13.0. The summed E-state index contributed by atoms with van der Waals surface area (Å²) in [6.07, 6.45) is 6.57. The molecule has 0 saturated carbocycles. The van der Waals surface area contributed by atoms with Gasteiger partial charge < -0.3 is 37.5 Å². The maximum absolute atomic E-state index is 13.0. The van der Waals surface area contributed by atoms with Crippen LogP contribution < -0.4 is 27.4 Å². The monoisotopic (exact) mass is 485 g/mol. The Kier molecular flexibility index (Phi) is 13.1. The Labute approximate surface area is 197 Å². The lowest BCUT2D eigenvalue weighted by molar-refractivity contribution is -0.142. The van der Waals surface area contributed by atoms with Crippen LogP contribution in [0, 0.1) is 0 Å². The van der Waals surface area contributed by atoms with Gasteiger partial charge in [-0.05, 0) is 51.2 Å². The van der Waals surface area contributed by atoms with Crippen molar-refractivity contribution in [2.45, 2.75) is 63.2 Å². The van der Waals surface area contributed by atoms with Crippen molar-refractivity contribution < 1.29 is 24.3 Å². The number of amides is 3. The molecular formula is C20H35N7O5S. The number of hydrogen-bond donors (Lipinski definition) is 7. The summed E-state index contributed by atoms with van der Waals surface area (Å²) in [6.45, 7) is 1.92. The first-order valence-electron chi connectivity index (χ1n) is 10.7. The van der Waals surface area contributed by atoms with Crippen molar-refractivity contribution in [1.29, 1.82) is 0 Å². The van der Waals surface area contributed by atoms with E-state index in [1.165, 1.54) is 31.2 Å². The van der Waals surface area contributed by atoms with Crippen LogP contribution in [0.25, 0.3) is 0 Å². The largest absolute Gasteiger partial charge is 0.480 e. The number of hydrogen-bond acceptors (Lipinski definition) is 8. The van der Waals surface area contributed by atoms with E-state index >= 15 is 0 Å². The van der Waals surface area contributed by atoms with E-state index in [2.05, 4.69) is 25.9 Å². The minimum absolute atomic E-state index is 0.0587. The third-order valence-corrected chi connectivity index (χ3v) is 5.47. The fourth-order valence-electron chi connectivity index (χ4n) is 2.93. The second-order valence-electron chi connectivity index (χ2n) is 7.66. The smallest absolute Gasteiger partial charge is 0.326 e. The predicted molar refractivity (Wildman–Crippen MR) is 125 cm³/mol. The lowest BCUT2D eigenvalue weighted by atomic mass is 10.1. The molecule has 0 aliphatic carbocycles. The van der Waals surface area contributed by atoms with Crippen molar-refractivity contribution in [2.24, 2.45) is 11.5 Å². The Morgan fingerprint density at radius 3 is 2.24 bits per heavy atom. The zero-order chi connectivity index (χ0) is 24.8. The van der Waals surface area contributed by atoms with E-state index in [4.69, 9.17) is 11.5 Å². The van der Waals surface area contributed by atoms with Crippen LogP contribution in [-0.4, -0.2) is 81.5 Å². The van der Waals surface area contributed by atoms with Crippen molar-refractivity contribution in [3.05, 3.63) is 18.2 Å². The zero-order valence-electron chi connectivity index (χ0n) is 19.0. The summed E-state index contributed by atoms with van der Waals surface area (Å²) in [5.74, 6) is -2.28. The molecule has 0 aliphatic rings. The van der Waals surface area contributed by atoms with Gasteiger partial charge in [0.2, 0.25) is 17.7 Å². The van der Waals surface area contributed by atoms with Gasteiger partial charge in [-0.15, -0.1) is 0 Å². The molecule has 33 heavy (non-hydrogen) atoms. The molecule has 0 aliphatic heterocycles. The van der Waals surface area contributed by atoms with E-state index in [9.17, 15) is 24.3 Å². The number of H-pyrrole nitrogens is 1. The third-order valence-electron chi connectivity index (χ3n) is 4.83. The summed E-state index contributed by atoms with van der Waals surface area (Å²) in [7, 11) is 0. The summed E-state index contributed by atoms with van der Waals surface area (Å²) in [6, 6.07) is -3.90. The van der Waals surface area contributed by atoms with Crippen LogP contribution in [-0.2, 0) is 25.6 Å². The zero-order valence-corrected chi connectivity index (χ0v) is 19.8. The minimum atomic E-state index is -1.17. The van der Waals surface area contributed by atoms with E-state index in [0.717, 1.165) is 0 Å². The number of aromatic amines is 1. The molecule has 1 aromatic heterocycles. The van der Waals surface area contributed by atoms with Gasteiger partial charge in [0.05, 0.1) is 12.4 Å². The lowest BCUT2D eigenvalue weighted by Gasteiger charge is -2.24. The standard InChI is InChI=1S/C20H35N7O5S/c1-12(22)17(28)25-14(6-8-33-2)18(29)27-16(9-13-10-23-11-24-13)19(30)26-15(20(31)32)5-3-4-7-21/h10-12,14-16H,3-9,21-22H2,1-2H3,(H,23,24)(H,25,28)(H,26,30)(H,27,29)(H,31,32). The fourth-order valence-corrected chi connectivity index (χ4v) is 3.40. The summed E-state index contributed by atoms with van der Waals surface area (Å²) in [5.41, 5.74) is 11.6. The number of aromatic nitrogens is 2. The Morgan fingerprint density at radius 2 is 1.70 bits per heavy atom. The van der Waals surface area contributed by atoms with Crippen LogP contribution in [0.4, 0.5) is 0 Å². The number of rotatable bonds is 16. The van der Waals surface area contributed by atoms with E-state index in [1.54, 1.807) is 0 Å². The summed E-state index contributed by atoms with van der Waals surface area (Å²) in [4.78, 5) is 56.3. The normalized spacial score (nSPS) is 14.5. The molecule has 0 radical (unpaired) electrons. The third kappa shape index (κ3) is 10.7. The second kappa shape index (κ2) is 15.2. The molecule has 0 fully saturated rings. The predicted octanol–water partition coefficient (Wildman–Crippen LogP) is -1.28. The summed E-state index contributed by atoms with van der Waals surface area (Å²) in [5, 5.41) is 17.2. The molecule has 186 valence electrons. The first-order chi connectivity index (χ1) is 15.7. The number of nitrogens with zero attached hydrogens (tertiary/aromatic N) is 1. The van der Waals surface area contributed by atoms with Crippen LogP contribution in [0.2, 0.25) is 0 Å². The highest BCUT2D eigenvalue weighted by molar-refractivity contribution is 7.98. The first kappa shape index (κ1) is 28.4. The number of unbranched alkanes of at least 4 members (excludes halogenated alkanes) is 1. The van der Waals surface area contributed by atoms with E-state index in [0.29, 0.717) is 37.3 Å². The molecular weight excluding hydrogens is 450 g/mol. The Morgan fingerprint density at radius 1 is 1.06 bits per heavy atom. The van der Waals surface area contributed by atoms with Crippen LogP contribution >= 0.6 is 11.8 Å². The molecule has 1 rings (SSSR count). The second-order valence-corrected chi connectivity index (χ2v) is 8.64. The first-order valence-corrected chi connectivity index (χ1v) is 12.1. The van der Waals surface area contributed by atoms with E-state index in [1.807, 2.05) is 6.26 Å². The van der Waals surface area contributed by atoms with Crippen LogP contribution in [0.15, 0.2) is 12.5 Å². The molecule has 0 saturated heterocycles. The molecule has 1 aromatic rings. The average molecular weight is 486 g/mol. The average Bonchev–Trinajstić information content (AvgIpc) is 3.28. The number of nitrogens with one attached hydrogen (secondary N) is 4. The van der Waals surface area contributed by atoms with E-state index in [-0.39, 0.29) is 12.8 Å².